The van der Waals surface area contributed by atoms with Gasteiger partial charge >= 0.3 is 0 Å². The number of carbonyl (C=O) groups excluding carboxylic acids is 1. The Bertz CT molecular complexity index is 771. The summed E-state index contributed by atoms with van der Waals surface area (Å²) in [5.74, 6) is 0. The van der Waals surface area contributed by atoms with Crippen LogP contribution in [0.2, 0.25) is 0 Å². The summed E-state index contributed by atoms with van der Waals surface area (Å²) in [6.07, 6.45) is 4.66. The van der Waals surface area contributed by atoms with E-state index in [1.807, 2.05) is 65.9 Å². The monoisotopic (exact) mass is 280 g/mol. The van der Waals surface area contributed by atoms with Crippen molar-refractivity contribution in [1.29, 1.82) is 0 Å². The second kappa shape index (κ2) is 5.36. The molecule has 2 heterocycles. The molecular weight excluding hydrogens is 264 g/mol. The van der Waals surface area contributed by atoms with Crippen molar-refractivity contribution >= 4 is 6.29 Å². The first-order valence-electron chi connectivity index (χ1n) is 6.77. The molecule has 2 aromatic heterocycles. The quantitative estimate of drug-likeness (QED) is 0.690. The van der Waals surface area contributed by atoms with Gasteiger partial charge in [0.15, 0.2) is 6.29 Å². The van der Waals surface area contributed by atoms with Crippen molar-refractivity contribution in [2.24, 2.45) is 0 Å². The zero-order valence-corrected chi connectivity index (χ0v) is 12.0. The molecule has 0 spiro atoms. The van der Waals surface area contributed by atoms with E-state index in [9.17, 15) is 4.79 Å². The SMILES string of the molecule is Cc1nn(Cc2cnn(-c3ccccc3)c2)c(C)c1C=O. The molecule has 3 rings (SSSR count). The van der Waals surface area contributed by atoms with E-state index in [1.165, 1.54) is 0 Å². The van der Waals surface area contributed by atoms with Gasteiger partial charge in [0, 0.05) is 17.5 Å². The smallest absolute Gasteiger partial charge is 0.153 e. The van der Waals surface area contributed by atoms with Crippen molar-refractivity contribution in [1.82, 2.24) is 19.6 Å². The Morgan fingerprint density at radius 2 is 1.95 bits per heavy atom. The number of rotatable bonds is 4. The van der Waals surface area contributed by atoms with Crippen LogP contribution in [0.5, 0.6) is 0 Å². The van der Waals surface area contributed by atoms with E-state index in [0.29, 0.717) is 12.1 Å². The first-order chi connectivity index (χ1) is 10.2. The fourth-order valence-electron chi connectivity index (χ4n) is 2.37. The maximum absolute atomic E-state index is 11.0. The molecule has 0 saturated heterocycles. The molecule has 0 aliphatic rings. The van der Waals surface area contributed by atoms with Crippen molar-refractivity contribution in [3.05, 3.63) is 65.2 Å². The van der Waals surface area contributed by atoms with Crippen molar-refractivity contribution in [3.63, 3.8) is 0 Å². The molecule has 0 atom stereocenters. The summed E-state index contributed by atoms with van der Waals surface area (Å²) >= 11 is 0. The molecule has 106 valence electrons. The van der Waals surface area contributed by atoms with Crippen LogP contribution in [0.4, 0.5) is 0 Å². The van der Waals surface area contributed by atoms with Gasteiger partial charge in [-0.25, -0.2) is 4.68 Å². The summed E-state index contributed by atoms with van der Waals surface area (Å²) in [5, 5.41) is 8.77. The van der Waals surface area contributed by atoms with Gasteiger partial charge in [-0.3, -0.25) is 9.48 Å². The lowest BCUT2D eigenvalue weighted by atomic mass is 10.2. The third-order valence-corrected chi connectivity index (χ3v) is 3.54. The molecule has 1 aromatic carbocycles. The van der Waals surface area contributed by atoms with E-state index in [4.69, 9.17) is 0 Å². The lowest BCUT2D eigenvalue weighted by Gasteiger charge is -2.02. The minimum atomic E-state index is 0.605. The predicted octanol–water partition coefficient (Wildman–Crippen LogP) is 2.55. The van der Waals surface area contributed by atoms with Crippen molar-refractivity contribution < 1.29 is 4.79 Å². The second-order valence-electron chi connectivity index (χ2n) is 4.99. The van der Waals surface area contributed by atoms with Crippen LogP contribution in [0.25, 0.3) is 5.69 Å². The fourth-order valence-corrected chi connectivity index (χ4v) is 2.37. The zero-order chi connectivity index (χ0) is 14.8. The van der Waals surface area contributed by atoms with Gasteiger partial charge in [-0.1, -0.05) is 18.2 Å². The number of nitrogens with zero attached hydrogens (tertiary/aromatic N) is 4. The van der Waals surface area contributed by atoms with Crippen LogP contribution in [0.3, 0.4) is 0 Å². The topological polar surface area (TPSA) is 52.7 Å². The average molecular weight is 280 g/mol. The lowest BCUT2D eigenvalue weighted by molar-refractivity contribution is 0.112. The summed E-state index contributed by atoms with van der Waals surface area (Å²) in [5.41, 5.74) is 4.38. The molecule has 0 aliphatic carbocycles. The van der Waals surface area contributed by atoms with Crippen LogP contribution < -0.4 is 0 Å². The first kappa shape index (κ1) is 13.3. The molecule has 0 amide bonds. The van der Waals surface area contributed by atoms with E-state index in [2.05, 4.69) is 10.2 Å². The Kier molecular flexibility index (Phi) is 3.39. The number of aldehydes is 1. The number of carbonyl (C=O) groups is 1. The van der Waals surface area contributed by atoms with E-state index < -0.39 is 0 Å². The van der Waals surface area contributed by atoms with E-state index in [0.717, 1.165) is 28.9 Å². The highest BCUT2D eigenvalue weighted by atomic mass is 16.1. The van der Waals surface area contributed by atoms with Gasteiger partial charge in [0.2, 0.25) is 0 Å². The van der Waals surface area contributed by atoms with Crippen LogP contribution >= 0.6 is 0 Å². The molecular formula is C16H16N4O. The molecule has 0 fully saturated rings. The van der Waals surface area contributed by atoms with Crippen LogP contribution in [0.15, 0.2) is 42.7 Å². The summed E-state index contributed by atoms with van der Waals surface area (Å²) in [6, 6.07) is 9.95. The standard InChI is InChI=1S/C16H16N4O/c1-12-16(11-21)13(2)19(18-12)9-14-8-17-20(10-14)15-6-4-3-5-7-15/h3-8,10-11H,9H2,1-2H3. The Hall–Kier alpha value is -2.69. The Labute approximate surface area is 122 Å². The van der Waals surface area contributed by atoms with Gasteiger partial charge in [-0.2, -0.15) is 10.2 Å². The lowest BCUT2D eigenvalue weighted by Crippen LogP contribution is -2.03. The summed E-state index contributed by atoms with van der Waals surface area (Å²) < 4.78 is 3.67. The summed E-state index contributed by atoms with van der Waals surface area (Å²) in [7, 11) is 0. The Morgan fingerprint density at radius 3 is 2.62 bits per heavy atom. The molecule has 21 heavy (non-hydrogen) atoms. The molecule has 0 unspecified atom stereocenters. The molecule has 5 nitrogen and oxygen atoms in total. The van der Waals surface area contributed by atoms with Gasteiger partial charge in [0.05, 0.1) is 29.7 Å². The van der Waals surface area contributed by atoms with Gasteiger partial charge in [-0.05, 0) is 26.0 Å². The third-order valence-electron chi connectivity index (χ3n) is 3.54. The second-order valence-corrected chi connectivity index (χ2v) is 4.99. The molecule has 0 N–H and O–H groups in total. The molecule has 0 saturated carbocycles. The highest BCUT2D eigenvalue weighted by Gasteiger charge is 2.11. The van der Waals surface area contributed by atoms with Crippen LogP contribution in [-0.2, 0) is 6.54 Å². The van der Waals surface area contributed by atoms with Crippen molar-refractivity contribution in [2.45, 2.75) is 20.4 Å². The highest BCUT2D eigenvalue weighted by Crippen LogP contribution is 2.13. The van der Waals surface area contributed by atoms with E-state index in [1.54, 1.807) is 0 Å². The van der Waals surface area contributed by atoms with Crippen LogP contribution in [0, 0.1) is 13.8 Å². The highest BCUT2D eigenvalue weighted by molar-refractivity contribution is 5.78. The number of hydrogen-bond acceptors (Lipinski definition) is 3. The number of aryl methyl sites for hydroxylation is 1. The van der Waals surface area contributed by atoms with E-state index >= 15 is 0 Å². The summed E-state index contributed by atoms with van der Waals surface area (Å²) in [6.45, 7) is 4.36. The number of para-hydroxylation sites is 1. The van der Waals surface area contributed by atoms with Crippen molar-refractivity contribution in [3.8, 4) is 5.69 Å². The number of hydrogen-bond donors (Lipinski definition) is 0. The maximum atomic E-state index is 11.0. The minimum absolute atomic E-state index is 0.605. The maximum Gasteiger partial charge on any atom is 0.153 e. The Morgan fingerprint density at radius 1 is 1.19 bits per heavy atom. The third kappa shape index (κ3) is 2.50. The molecule has 3 aromatic rings. The van der Waals surface area contributed by atoms with Gasteiger partial charge in [-0.15, -0.1) is 0 Å². The number of aromatic nitrogens is 4. The average Bonchev–Trinajstić information content (AvgIpc) is 3.06. The van der Waals surface area contributed by atoms with E-state index in [-0.39, 0.29) is 0 Å². The zero-order valence-electron chi connectivity index (χ0n) is 12.0. The molecule has 0 aliphatic heterocycles. The molecule has 5 heteroatoms. The van der Waals surface area contributed by atoms with Crippen molar-refractivity contribution in [2.75, 3.05) is 0 Å². The normalized spacial score (nSPS) is 10.8. The first-order valence-corrected chi connectivity index (χ1v) is 6.77. The van der Waals surface area contributed by atoms with Gasteiger partial charge in [0.1, 0.15) is 0 Å². The van der Waals surface area contributed by atoms with Crippen LogP contribution in [0.1, 0.15) is 27.3 Å². The van der Waals surface area contributed by atoms with Crippen LogP contribution in [-0.4, -0.2) is 25.8 Å². The molecule has 0 radical (unpaired) electrons. The van der Waals surface area contributed by atoms with Gasteiger partial charge < -0.3 is 0 Å². The fraction of sp³-hybridized carbons (Fsp3) is 0.188. The summed E-state index contributed by atoms with van der Waals surface area (Å²) in [4.78, 5) is 11.0. The predicted molar refractivity (Wildman–Crippen MR) is 79.8 cm³/mol. The Balaban J connectivity index is 1.87. The molecule has 0 bridgehead atoms. The minimum Gasteiger partial charge on any atom is -0.298 e. The number of benzene rings is 1. The largest absolute Gasteiger partial charge is 0.298 e. The van der Waals surface area contributed by atoms with Gasteiger partial charge in [0.25, 0.3) is 0 Å².